The van der Waals surface area contributed by atoms with Crippen LogP contribution in [0.4, 0.5) is 0 Å². The van der Waals surface area contributed by atoms with Gasteiger partial charge in [0, 0.05) is 19.5 Å². The van der Waals surface area contributed by atoms with E-state index < -0.39 is 0 Å². The van der Waals surface area contributed by atoms with E-state index in [0.29, 0.717) is 18.2 Å². The molecular formula is C14H28N2OS. The molecule has 0 spiro atoms. The number of carbonyl (C=O) groups is 1. The van der Waals surface area contributed by atoms with Gasteiger partial charge in [-0.05, 0) is 50.6 Å². The molecule has 106 valence electrons. The van der Waals surface area contributed by atoms with E-state index in [1.165, 1.54) is 25.9 Å². The summed E-state index contributed by atoms with van der Waals surface area (Å²) in [4.78, 5) is 16.3. The van der Waals surface area contributed by atoms with Gasteiger partial charge in [0.25, 0.3) is 0 Å². The van der Waals surface area contributed by atoms with E-state index in [1.54, 1.807) is 0 Å². The van der Waals surface area contributed by atoms with Crippen molar-refractivity contribution in [2.75, 3.05) is 38.5 Å². The molecule has 0 bridgehead atoms. The molecule has 0 radical (unpaired) electrons. The zero-order valence-electron chi connectivity index (χ0n) is 11.9. The van der Waals surface area contributed by atoms with Crippen molar-refractivity contribution in [1.29, 1.82) is 0 Å². The Labute approximate surface area is 117 Å². The van der Waals surface area contributed by atoms with Crippen molar-refractivity contribution in [1.82, 2.24) is 9.80 Å². The first-order chi connectivity index (χ1) is 8.71. The van der Waals surface area contributed by atoms with Crippen LogP contribution in [0.2, 0.25) is 0 Å². The lowest BCUT2D eigenvalue weighted by molar-refractivity contribution is -0.127. The van der Waals surface area contributed by atoms with Crippen LogP contribution in [0, 0.1) is 5.92 Å². The molecule has 1 unspecified atom stereocenters. The molecule has 1 saturated heterocycles. The highest BCUT2D eigenvalue weighted by Gasteiger charge is 2.27. The Kier molecular flexibility index (Phi) is 7.75. The molecule has 3 nitrogen and oxygen atoms in total. The van der Waals surface area contributed by atoms with E-state index in [4.69, 9.17) is 0 Å². The molecule has 0 aromatic carbocycles. The number of hydrogen-bond acceptors (Lipinski definition) is 3. The number of hydrogen-bond donors (Lipinski definition) is 1. The molecule has 1 amide bonds. The molecule has 0 saturated carbocycles. The molecule has 1 fully saturated rings. The van der Waals surface area contributed by atoms with Crippen molar-refractivity contribution in [2.45, 2.75) is 39.5 Å². The van der Waals surface area contributed by atoms with Gasteiger partial charge in [0.1, 0.15) is 0 Å². The maximum Gasteiger partial charge on any atom is 0.222 e. The molecule has 0 aliphatic carbocycles. The van der Waals surface area contributed by atoms with Gasteiger partial charge in [-0.25, -0.2) is 0 Å². The summed E-state index contributed by atoms with van der Waals surface area (Å²) in [6.07, 6.45) is 4.23. The van der Waals surface area contributed by atoms with Crippen LogP contribution in [-0.2, 0) is 4.79 Å². The Morgan fingerprint density at radius 3 is 2.44 bits per heavy atom. The summed E-state index contributed by atoms with van der Waals surface area (Å²) < 4.78 is 0. The summed E-state index contributed by atoms with van der Waals surface area (Å²) in [6.45, 7) is 9.78. The Balaban J connectivity index is 2.21. The zero-order chi connectivity index (χ0) is 13.4. The normalized spacial score (nSPS) is 20.1. The third kappa shape index (κ3) is 5.19. The molecule has 1 aliphatic heterocycles. The van der Waals surface area contributed by atoms with E-state index in [1.807, 2.05) is 4.90 Å². The maximum atomic E-state index is 11.7. The fraction of sp³-hybridized carbons (Fsp3) is 0.929. The van der Waals surface area contributed by atoms with Gasteiger partial charge >= 0.3 is 0 Å². The van der Waals surface area contributed by atoms with Gasteiger partial charge < -0.3 is 9.80 Å². The van der Waals surface area contributed by atoms with Gasteiger partial charge in [-0.3, -0.25) is 4.79 Å². The van der Waals surface area contributed by atoms with Gasteiger partial charge in [0.2, 0.25) is 5.91 Å². The second kappa shape index (κ2) is 8.81. The van der Waals surface area contributed by atoms with Crippen molar-refractivity contribution in [3.8, 4) is 0 Å². The molecule has 1 atom stereocenters. The standard InChI is InChI=1S/C14H28N2OS/c1-3-6-15(7-4-2)8-5-9-16-11-13(12-18)10-14(16)17/h13,18H,3-12H2,1-2H3. The first kappa shape index (κ1) is 15.8. The minimum atomic E-state index is 0.326. The van der Waals surface area contributed by atoms with Gasteiger partial charge in [-0.15, -0.1) is 0 Å². The number of thiol groups is 1. The lowest BCUT2D eigenvalue weighted by Gasteiger charge is -2.23. The Morgan fingerprint density at radius 1 is 1.28 bits per heavy atom. The number of carbonyl (C=O) groups excluding carboxylic acids is 1. The van der Waals surface area contributed by atoms with Crippen molar-refractivity contribution in [3.05, 3.63) is 0 Å². The average Bonchev–Trinajstić information content (AvgIpc) is 2.71. The van der Waals surface area contributed by atoms with E-state index in [0.717, 1.165) is 31.8 Å². The number of likely N-dealkylation sites (tertiary alicyclic amines) is 1. The van der Waals surface area contributed by atoms with E-state index in [-0.39, 0.29) is 0 Å². The van der Waals surface area contributed by atoms with Gasteiger partial charge in [-0.2, -0.15) is 12.6 Å². The van der Waals surface area contributed by atoms with Crippen molar-refractivity contribution in [3.63, 3.8) is 0 Å². The van der Waals surface area contributed by atoms with Crippen molar-refractivity contribution >= 4 is 18.5 Å². The Bertz CT molecular complexity index is 242. The monoisotopic (exact) mass is 272 g/mol. The summed E-state index contributed by atoms with van der Waals surface area (Å²) in [5.74, 6) is 1.63. The Hall–Kier alpha value is -0.220. The molecule has 1 rings (SSSR count). The number of rotatable bonds is 9. The minimum Gasteiger partial charge on any atom is -0.342 e. The van der Waals surface area contributed by atoms with Crippen LogP contribution in [0.15, 0.2) is 0 Å². The molecule has 0 aromatic heterocycles. The molecule has 4 heteroatoms. The summed E-state index contributed by atoms with van der Waals surface area (Å²) in [7, 11) is 0. The fourth-order valence-electron chi connectivity index (χ4n) is 2.65. The topological polar surface area (TPSA) is 23.6 Å². The molecule has 1 heterocycles. The average molecular weight is 272 g/mol. The highest BCUT2D eigenvalue weighted by Crippen LogP contribution is 2.18. The maximum absolute atomic E-state index is 11.7. The lowest BCUT2D eigenvalue weighted by atomic mass is 10.1. The molecule has 1 aliphatic rings. The van der Waals surface area contributed by atoms with Crippen LogP contribution in [0.25, 0.3) is 0 Å². The van der Waals surface area contributed by atoms with Gasteiger partial charge in [0.15, 0.2) is 0 Å². The lowest BCUT2D eigenvalue weighted by Crippen LogP contribution is -2.32. The van der Waals surface area contributed by atoms with Crippen LogP contribution in [-0.4, -0.2) is 54.2 Å². The van der Waals surface area contributed by atoms with Crippen molar-refractivity contribution < 1.29 is 4.79 Å². The van der Waals surface area contributed by atoms with Gasteiger partial charge in [0.05, 0.1) is 0 Å². The van der Waals surface area contributed by atoms with Crippen LogP contribution in [0.5, 0.6) is 0 Å². The molecule has 18 heavy (non-hydrogen) atoms. The number of nitrogens with zero attached hydrogens (tertiary/aromatic N) is 2. The third-order valence-corrected chi connectivity index (χ3v) is 4.05. The molecule has 0 aromatic rings. The van der Waals surface area contributed by atoms with Crippen LogP contribution < -0.4 is 0 Å². The summed E-state index contributed by atoms with van der Waals surface area (Å²) in [5, 5.41) is 0. The molecule has 0 N–H and O–H groups in total. The van der Waals surface area contributed by atoms with E-state index in [9.17, 15) is 4.79 Å². The predicted molar refractivity (Wildman–Crippen MR) is 80.2 cm³/mol. The van der Waals surface area contributed by atoms with Crippen LogP contribution >= 0.6 is 12.6 Å². The smallest absolute Gasteiger partial charge is 0.222 e. The largest absolute Gasteiger partial charge is 0.342 e. The SMILES string of the molecule is CCCN(CCC)CCCN1CC(CS)CC1=O. The minimum absolute atomic E-state index is 0.326. The fourth-order valence-corrected chi connectivity index (χ4v) is 2.89. The Morgan fingerprint density at radius 2 is 1.94 bits per heavy atom. The summed E-state index contributed by atoms with van der Waals surface area (Å²) in [6, 6.07) is 0. The van der Waals surface area contributed by atoms with Crippen molar-refractivity contribution in [2.24, 2.45) is 5.92 Å². The quantitative estimate of drug-likeness (QED) is 0.651. The highest BCUT2D eigenvalue weighted by molar-refractivity contribution is 7.80. The van der Waals surface area contributed by atoms with Gasteiger partial charge in [-0.1, -0.05) is 13.8 Å². The number of amides is 1. The molecular weight excluding hydrogens is 244 g/mol. The summed E-state index contributed by atoms with van der Waals surface area (Å²) >= 11 is 4.29. The second-order valence-corrected chi connectivity index (χ2v) is 5.65. The van der Waals surface area contributed by atoms with E-state index in [2.05, 4.69) is 31.4 Å². The first-order valence-electron chi connectivity index (χ1n) is 7.32. The predicted octanol–water partition coefficient (Wildman–Crippen LogP) is 2.28. The van der Waals surface area contributed by atoms with E-state index >= 15 is 0 Å². The van der Waals surface area contributed by atoms with Crippen LogP contribution in [0.1, 0.15) is 39.5 Å². The zero-order valence-corrected chi connectivity index (χ0v) is 12.8. The first-order valence-corrected chi connectivity index (χ1v) is 7.95. The third-order valence-electron chi connectivity index (χ3n) is 3.53. The van der Waals surface area contributed by atoms with Crippen LogP contribution in [0.3, 0.4) is 0 Å². The summed E-state index contributed by atoms with van der Waals surface area (Å²) in [5.41, 5.74) is 0. The second-order valence-electron chi connectivity index (χ2n) is 5.29. The highest BCUT2D eigenvalue weighted by atomic mass is 32.1.